The van der Waals surface area contributed by atoms with Gasteiger partial charge in [0.05, 0.1) is 53.5 Å². The predicted molar refractivity (Wildman–Crippen MR) is 137 cm³/mol. The molecule has 192 valence electrons. The van der Waals surface area contributed by atoms with Crippen LogP contribution in [-0.4, -0.2) is 68.6 Å². The van der Waals surface area contributed by atoms with Crippen LogP contribution in [-0.2, 0) is 27.3 Å². The molecule has 1 aliphatic carbocycles. The van der Waals surface area contributed by atoms with Gasteiger partial charge in [-0.15, -0.1) is 11.3 Å². The summed E-state index contributed by atoms with van der Waals surface area (Å²) < 4.78 is 6.85. The Kier molecular flexibility index (Phi) is 5.57. The summed E-state index contributed by atoms with van der Waals surface area (Å²) >= 11 is 1.54. The van der Waals surface area contributed by atoms with Crippen LogP contribution in [0.15, 0.2) is 30.6 Å². The molecule has 37 heavy (non-hydrogen) atoms. The van der Waals surface area contributed by atoms with E-state index < -0.39 is 6.09 Å². The minimum Gasteiger partial charge on any atom is -0.465 e. The number of pyridine rings is 2. The van der Waals surface area contributed by atoms with Crippen LogP contribution in [0.4, 0.5) is 4.79 Å². The maximum atomic E-state index is 12.9. The van der Waals surface area contributed by atoms with Crippen molar-refractivity contribution in [2.24, 2.45) is 17.3 Å². The molecular weight excluding hydrogens is 492 g/mol. The number of rotatable bonds is 5. The molecule has 0 spiro atoms. The Hall–Kier alpha value is -3.37. The number of hydrogen-bond acceptors (Lipinski definition) is 7. The van der Waals surface area contributed by atoms with Crippen LogP contribution in [0.2, 0.25) is 0 Å². The number of morpholine rings is 1. The van der Waals surface area contributed by atoms with Crippen LogP contribution in [0, 0.1) is 24.2 Å². The Morgan fingerprint density at radius 1 is 1.19 bits per heavy atom. The van der Waals surface area contributed by atoms with Gasteiger partial charge in [0.15, 0.2) is 0 Å². The first-order valence-electron chi connectivity index (χ1n) is 12.4. The molecule has 3 aromatic heterocycles. The van der Waals surface area contributed by atoms with Crippen LogP contribution < -0.4 is 0 Å². The van der Waals surface area contributed by atoms with Gasteiger partial charge in [-0.2, -0.15) is 0 Å². The number of imide groups is 1. The highest BCUT2D eigenvalue weighted by atomic mass is 32.1. The number of amides is 3. The zero-order valence-electron chi connectivity index (χ0n) is 20.9. The minimum atomic E-state index is -0.941. The van der Waals surface area contributed by atoms with E-state index in [2.05, 4.69) is 9.97 Å². The van der Waals surface area contributed by atoms with Crippen LogP contribution in [0.25, 0.3) is 21.3 Å². The Morgan fingerprint density at radius 3 is 2.65 bits per heavy atom. The van der Waals surface area contributed by atoms with Gasteiger partial charge in [0.2, 0.25) is 11.8 Å². The van der Waals surface area contributed by atoms with Gasteiger partial charge in [0.1, 0.15) is 0 Å². The number of ether oxygens (including phenoxy) is 1. The maximum Gasteiger partial charge on any atom is 0.407 e. The number of piperidine rings is 1. The summed E-state index contributed by atoms with van der Waals surface area (Å²) in [4.78, 5) is 50.1. The molecule has 1 saturated carbocycles. The largest absolute Gasteiger partial charge is 0.465 e. The number of hydrogen-bond donors (Lipinski definition) is 1. The number of nitrogens with zero attached hydrogens (tertiary/aromatic N) is 4. The molecule has 3 atom stereocenters. The topological polar surface area (TPSA) is 113 Å². The zero-order valence-corrected chi connectivity index (χ0v) is 21.7. The van der Waals surface area contributed by atoms with E-state index in [-0.39, 0.29) is 41.7 Å². The van der Waals surface area contributed by atoms with E-state index in [0.717, 1.165) is 37.5 Å². The summed E-state index contributed by atoms with van der Waals surface area (Å²) in [6.07, 6.45) is 2.79. The van der Waals surface area contributed by atoms with E-state index >= 15 is 0 Å². The van der Waals surface area contributed by atoms with Crippen LogP contribution in [0.3, 0.4) is 0 Å². The molecule has 3 fully saturated rings. The molecule has 0 radical (unpaired) electrons. The SMILES string of the molecule is Cc1ccnc(CC2CN(C(=O)O)CCO2)c1-c1ccnc2cc(CN3C(=O)C4C(C3=O)C4(C)C)sc12. The van der Waals surface area contributed by atoms with Gasteiger partial charge in [-0.3, -0.25) is 24.5 Å². The van der Waals surface area contributed by atoms with E-state index in [1.807, 2.05) is 39.0 Å². The van der Waals surface area contributed by atoms with Gasteiger partial charge in [0.25, 0.3) is 0 Å². The van der Waals surface area contributed by atoms with Gasteiger partial charge in [0, 0.05) is 41.4 Å². The second-order valence-corrected chi connectivity index (χ2v) is 11.8. The smallest absolute Gasteiger partial charge is 0.407 e. The molecular formula is C27H28N4O5S. The fourth-order valence-corrected chi connectivity index (χ4v) is 7.07. The third-order valence-corrected chi connectivity index (χ3v) is 9.15. The molecule has 1 N–H and O–H groups in total. The molecule has 3 unspecified atom stereocenters. The first-order valence-corrected chi connectivity index (χ1v) is 13.3. The molecule has 3 aliphatic rings. The number of likely N-dealkylation sites (tertiary alicyclic amines) is 1. The highest BCUT2D eigenvalue weighted by Gasteiger charge is 2.72. The van der Waals surface area contributed by atoms with Crippen LogP contribution in [0.1, 0.15) is 30.0 Å². The van der Waals surface area contributed by atoms with Gasteiger partial charge in [-0.25, -0.2) is 4.79 Å². The summed E-state index contributed by atoms with van der Waals surface area (Å²) in [6.45, 7) is 7.29. The summed E-state index contributed by atoms with van der Waals surface area (Å²) in [5.74, 6) is -0.525. The number of aryl methyl sites for hydroxylation is 1. The first-order chi connectivity index (χ1) is 17.7. The van der Waals surface area contributed by atoms with Crippen molar-refractivity contribution in [3.8, 4) is 11.1 Å². The number of carbonyl (C=O) groups excluding carboxylic acids is 2. The number of fused-ring (bicyclic) bond motifs is 2. The van der Waals surface area contributed by atoms with E-state index in [4.69, 9.17) is 4.74 Å². The summed E-state index contributed by atoms with van der Waals surface area (Å²) in [6, 6.07) is 5.88. The molecule has 6 rings (SSSR count). The molecule has 3 aromatic rings. The van der Waals surface area contributed by atoms with Gasteiger partial charge in [-0.05, 0) is 36.1 Å². The monoisotopic (exact) mass is 520 g/mol. The van der Waals surface area contributed by atoms with Crippen molar-refractivity contribution < 1.29 is 24.2 Å². The highest BCUT2D eigenvalue weighted by Crippen LogP contribution is 2.63. The van der Waals surface area contributed by atoms with Crippen molar-refractivity contribution in [2.75, 3.05) is 19.7 Å². The molecule has 2 aliphatic heterocycles. The van der Waals surface area contributed by atoms with Crippen molar-refractivity contribution in [1.29, 1.82) is 0 Å². The molecule has 10 heteroatoms. The fourth-order valence-electron chi connectivity index (χ4n) is 5.95. The van der Waals surface area contributed by atoms with Crippen molar-refractivity contribution in [3.63, 3.8) is 0 Å². The number of carbonyl (C=O) groups is 3. The Bertz CT molecular complexity index is 1430. The molecule has 0 aromatic carbocycles. The lowest BCUT2D eigenvalue weighted by Gasteiger charge is -2.31. The van der Waals surface area contributed by atoms with Gasteiger partial charge >= 0.3 is 6.09 Å². The lowest BCUT2D eigenvalue weighted by Crippen LogP contribution is -2.45. The minimum absolute atomic E-state index is 0.0704. The number of carboxylic acid groups (broad SMARTS) is 1. The standard InChI is InChI=1S/C27H28N4O5S/c1-14-4-6-28-18(10-15-12-30(26(34)35)8-9-36-15)20(14)17-5-7-29-19-11-16(37-23(17)19)13-31-24(32)21-22(25(31)33)27(21,2)3/h4-7,11,15,21-22H,8-10,12-13H2,1-3H3,(H,34,35). The summed E-state index contributed by atoms with van der Waals surface area (Å²) in [5.41, 5.74) is 4.43. The number of aromatic nitrogens is 2. The molecule has 0 bridgehead atoms. The summed E-state index contributed by atoms with van der Waals surface area (Å²) in [5, 5.41) is 9.40. The average molecular weight is 521 g/mol. The Morgan fingerprint density at radius 2 is 1.92 bits per heavy atom. The molecule has 3 amide bonds. The lowest BCUT2D eigenvalue weighted by atomic mass is 9.96. The van der Waals surface area contributed by atoms with E-state index in [9.17, 15) is 19.5 Å². The van der Waals surface area contributed by atoms with E-state index in [1.165, 1.54) is 21.1 Å². The van der Waals surface area contributed by atoms with Crippen molar-refractivity contribution in [1.82, 2.24) is 19.8 Å². The fraction of sp³-hybridized carbons (Fsp3) is 0.444. The van der Waals surface area contributed by atoms with E-state index in [0.29, 0.717) is 26.1 Å². The second kappa shape index (κ2) is 8.59. The molecule has 9 nitrogen and oxygen atoms in total. The van der Waals surface area contributed by atoms with Crippen molar-refractivity contribution >= 4 is 39.5 Å². The Labute approximate surface area is 218 Å². The zero-order chi connectivity index (χ0) is 26.1. The summed E-state index contributed by atoms with van der Waals surface area (Å²) in [7, 11) is 0. The first kappa shape index (κ1) is 24.0. The normalized spacial score (nSPS) is 24.6. The maximum absolute atomic E-state index is 12.9. The number of thiophene rings is 1. The van der Waals surface area contributed by atoms with Crippen LogP contribution in [0.5, 0.6) is 0 Å². The van der Waals surface area contributed by atoms with Gasteiger partial charge < -0.3 is 14.7 Å². The van der Waals surface area contributed by atoms with E-state index in [1.54, 1.807) is 12.4 Å². The average Bonchev–Trinajstić information content (AvgIpc) is 3.10. The highest BCUT2D eigenvalue weighted by molar-refractivity contribution is 7.19. The molecule has 2 saturated heterocycles. The van der Waals surface area contributed by atoms with Crippen molar-refractivity contribution in [2.45, 2.75) is 39.8 Å². The quantitative estimate of drug-likeness (QED) is 0.510. The lowest BCUT2D eigenvalue weighted by molar-refractivity contribution is -0.143. The second-order valence-electron chi connectivity index (χ2n) is 10.7. The molecule has 5 heterocycles. The van der Waals surface area contributed by atoms with Gasteiger partial charge in [-0.1, -0.05) is 13.8 Å². The third kappa shape index (κ3) is 3.90. The third-order valence-electron chi connectivity index (χ3n) is 8.01. The predicted octanol–water partition coefficient (Wildman–Crippen LogP) is 3.73. The van der Waals surface area contributed by atoms with Crippen molar-refractivity contribution in [3.05, 3.63) is 46.7 Å². The Balaban J connectivity index is 1.31. The van der Waals surface area contributed by atoms with Crippen LogP contribution >= 0.6 is 11.3 Å².